The molecule has 0 aliphatic heterocycles. The van der Waals surface area contributed by atoms with Crippen LogP contribution in [0.2, 0.25) is 17.3 Å². The third-order valence-corrected chi connectivity index (χ3v) is 16.3. The zero-order valence-electron chi connectivity index (χ0n) is 45.8. The van der Waals surface area contributed by atoms with E-state index in [1.54, 1.807) is 24.3 Å². The van der Waals surface area contributed by atoms with Crippen molar-refractivity contribution in [1.29, 1.82) is 0 Å². The number of para-hydroxylation sites is 2. The van der Waals surface area contributed by atoms with Gasteiger partial charge in [-0.1, -0.05) is 87.2 Å². The molecule has 0 unspecified atom stereocenters. The van der Waals surface area contributed by atoms with Crippen LogP contribution in [0.25, 0.3) is 83.8 Å². The topological polar surface area (TPSA) is 56.7 Å². The van der Waals surface area contributed by atoms with E-state index in [4.69, 9.17) is 21.2 Å². The Morgan fingerprint density at radius 2 is 1.51 bits per heavy atom. The van der Waals surface area contributed by atoms with E-state index in [2.05, 4.69) is 115 Å². The molecular weight excluding hydrogens is 1090 g/mol. The maximum Gasteiger partial charge on any atom is 0 e. The number of hydrogen-bond acceptors (Lipinski definition) is 4. The van der Waals surface area contributed by atoms with Gasteiger partial charge in [-0.25, -0.2) is 9.37 Å². The van der Waals surface area contributed by atoms with Crippen molar-refractivity contribution < 1.29 is 35.8 Å². The average Bonchev–Trinajstić information content (AvgIpc) is 3.93. The molecular formula is C61H59FGeIrN4O-2. The van der Waals surface area contributed by atoms with Gasteiger partial charge in [0.1, 0.15) is 5.82 Å². The van der Waals surface area contributed by atoms with E-state index in [1.165, 1.54) is 23.8 Å². The maximum absolute atomic E-state index is 13.6. The standard InChI is InChI=1S/C41H31FN3O.C20H28GeN.Ir/c1-25-14-20-31(38-37(25)30-21-22-33(44-40(30)46-38)27-15-18-29(42)19-16-27)39-43-34-12-8-9-13-36(34)45(39)35-23-17-28(41(2,3)4)24-32(35)26-10-6-5-7-11-26;1-15-8-10-16(11-9-15)19-12-17(13-20(2,3)4)18(14-22-19)21(5,6)7;/h5-19,21-24H,1-4H3;8-10,12,14H,13H2,1-7H3;/q2*-1;/i;1D3,13D2;. The SMILES string of the molecule is Cc1c[c-]c(-c2nc3ccccc3n2-c2ccc(C(C)(C)C)cc2-c2ccccc2)c2oc3nc(-c4ccc(F)cc4)ccc3c12.[2H]C([2H])([2H])c1c[c-]c(-c2cc(C([2H])([2H])C(C)(C)C)[c]([Ge]([CH3])([CH3])[CH3])cn2)cc1.[Ir]. The normalized spacial score (nSPS) is 13.5. The summed E-state index contributed by atoms with van der Waals surface area (Å²) in [5.74, 6) is 7.16. The molecule has 0 aliphatic carbocycles. The minimum atomic E-state index is -2.36. The van der Waals surface area contributed by atoms with Crippen molar-refractivity contribution >= 4 is 50.8 Å². The molecule has 0 spiro atoms. The summed E-state index contributed by atoms with van der Waals surface area (Å²) in [6, 6.07) is 50.9. The zero-order valence-corrected chi connectivity index (χ0v) is 45.3. The molecule has 10 aromatic rings. The van der Waals surface area contributed by atoms with Gasteiger partial charge in [0.15, 0.2) is 0 Å². The number of halogens is 1. The number of pyridine rings is 2. The van der Waals surface area contributed by atoms with Crippen LogP contribution >= 0.6 is 0 Å². The molecule has 6 aromatic carbocycles. The van der Waals surface area contributed by atoms with Crippen molar-refractivity contribution in [3.05, 3.63) is 186 Å². The second-order valence-electron chi connectivity index (χ2n) is 20.5. The van der Waals surface area contributed by atoms with Crippen LogP contribution in [0.15, 0.2) is 150 Å². The van der Waals surface area contributed by atoms with Crippen LogP contribution in [-0.4, -0.2) is 32.8 Å². The fraction of sp³-hybridized carbons (Fsp3) is 0.230. The Morgan fingerprint density at radius 1 is 0.768 bits per heavy atom. The number of fused-ring (bicyclic) bond motifs is 4. The molecule has 1 radical (unpaired) electrons. The first kappa shape index (κ1) is 43.1. The van der Waals surface area contributed by atoms with Crippen molar-refractivity contribution in [2.75, 3.05) is 0 Å². The Labute approximate surface area is 430 Å². The number of hydrogen-bond donors (Lipinski definition) is 0. The van der Waals surface area contributed by atoms with Gasteiger partial charge >= 0.3 is 145 Å². The first-order chi connectivity index (χ1) is 34.3. The Morgan fingerprint density at radius 3 is 2.19 bits per heavy atom. The molecule has 0 saturated carbocycles. The van der Waals surface area contributed by atoms with E-state index in [0.717, 1.165) is 65.5 Å². The Kier molecular flexibility index (Phi) is 12.1. The summed E-state index contributed by atoms with van der Waals surface area (Å²) in [6.07, 6.45) is 0.303. The van der Waals surface area contributed by atoms with E-state index >= 15 is 0 Å². The number of rotatable bonds is 7. The number of benzene rings is 6. The Bertz CT molecular complexity index is 3660. The summed E-state index contributed by atoms with van der Waals surface area (Å²) in [5.41, 5.74) is 12.6. The van der Waals surface area contributed by atoms with Crippen LogP contribution < -0.4 is 4.40 Å². The second-order valence-corrected chi connectivity index (χ2v) is 31.1. The summed E-state index contributed by atoms with van der Waals surface area (Å²) < 4.78 is 63.6. The van der Waals surface area contributed by atoms with Crippen molar-refractivity contribution in [3.63, 3.8) is 0 Å². The molecule has 8 heteroatoms. The molecule has 0 amide bonds. The molecule has 5 nitrogen and oxygen atoms in total. The van der Waals surface area contributed by atoms with Gasteiger partial charge in [-0.05, 0) is 77.2 Å². The van der Waals surface area contributed by atoms with Crippen LogP contribution in [-0.2, 0) is 31.9 Å². The second kappa shape index (κ2) is 19.4. The maximum atomic E-state index is 13.6. The molecule has 351 valence electrons. The molecule has 0 atom stereocenters. The molecule has 69 heavy (non-hydrogen) atoms. The first-order valence-electron chi connectivity index (χ1n) is 25.5. The van der Waals surface area contributed by atoms with E-state index < -0.39 is 31.9 Å². The first-order valence-corrected chi connectivity index (χ1v) is 30.4. The Hall–Kier alpha value is -5.99. The van der Waals surface area contributed by atoms with Crippen LogP contribution in [0.1, 0.15) is 70.7 Å². The summed E-state index contributed by atoms with van der Waals surface area (Å²) in [5, 5.41) is 1.89. The Balaban J connectivity index is 0.000000224. The number of aryl methyl sites for hydroxylation is 2. The minimum Gasteiger partial charge on any atom is 0 e. The van der Waals surface area contributed by atoms with E-state index in [0.29, 0.717) is 33.8 Å². The molecule has 0 fully saturated rings. The molecule has 0 saturated heterocycles. The van der Waals surface area contributed by atoms with E-state index in [1.807, 2.05) is 75.5 Å². The number of nitrogens with zero attached hydrogens (tertiary/aromatic N) is 4. The van der Waals surface area contributed by atoms with Gasteiger partial charge in [0.05, 0.1) is 28.1 Å². The van der Waals surface area contributed by atoms with Crippen LogP contribution in [0.4, 0.5) is 4.39 Å². The molecule has 4 aromatic heterocycles. The number of aromatic nitrogens is 4. The minimum absolute atomic E-state index is 0. The van der Waals surface area contributed by atoms with E-state index in [-0.39, 0.29) is 36.9 Å². The van der Waals surface area contributed by atoms with Crippen molar-refractivity contribution in [3.8, 4) is 50.7 Å². The summed E-state index contributed by atoms with van der Waals surface area (Å²) in [7, 11) is 0. The van der Waals surface area contributed by atoms with Crippen LogP contribution in [0.5, 0.6) is 0 Å². The van der Waals surface area contributed by atoms with Gasteiger partial charge in [0.2, 0.25) is 5.71 Å². The smallest absolute Gasteiger partial charge is 0 e. The third kappa shape index (κ3) is 10.5. The van der Waals surface area contributed by atoms with Crippen molar-refractivity contribution in [1.82, 2.24) is 19.5 Å². The van der Waals surface area contributed by atoms with Crippen LogP contribution in [0, 0.1) is 37.1 Å². The fourth-order valence-electron chi connectivity index (χ4n) is 8.59. The van der Waals surface area contributed by atoms with Gasteiger partial charge in [-0.3, -0.25) is 4.98 Å². The predicted octanol–water partition coefficient (Wildman–Crippen LogP) is 15.9. The summed E-state index contributed by atoms with van der Waals surface area (Å²) in [4.78, 5) is 14.6. The monoisotopic (exact) mass is 1150 g/mol. The van der Waals surface area contributed by atoms with Gasteiger partial charge < -0.3 is 8.98 Å². The number of imidazole rings is 1. The number of furan rings is 1. The van der Waals surface area contributed by atoms with Crippen molar-refractivity contribution in [2.24, 2.45) is 5.41 Å². The zero-order chi connectivity index (χ0) is 52.4. The molecule has 0 aliphatic rings. The molecule has 4 heterocycles. The third-order valence-electron chi connectivity index (χ3n) is 12.0. The summed E-state index contributed by atoms with van der Waals surface area (Å²) in [6.45, 7) is 12.3. The summed E-state index contributed by atoms with van der Waals surface area (Å²) >= 11 is -2.36. The molecule has 10 rings (SSSR count). The van der Waals surface area contributed by atoms with Gasteiger partial charge in [0, 0.05) is 42.3 Å². The van der Waals surface area contributed by atoms with Gasteiger partial charge in [-0.2, -0.15) is 0 Å². The van der Waals surface area contributed by atoms with Gasteiger partial charge in [-0.15, -0.1) is 17.7 Å². The fourth-order valence-corrected chi connectivity index (χ4v) is 11.5. The van der Waals surface area contributed by atoms with Crippen molar-refractivity contribution in [2.45, 2.75) is 84.4 Å². The quantitative estimate of drug-likeness (QED) is 0.118. The average molecular weight is 1150 g/mol. The predicted molar refractivity (Wildman–Crippen MR) is 284 cm³/mol. The van der Waals surface area contributed by atoms with Crippen LogP contribution in [0.3, 0.4) is 0 Å². The van der Waals surface area contributed by atoms with E-state index in [9.17, 15) is 4.39 Å². The largest absolute Gasteiger partial charge is 0 e. The molecule has 0 bridgehead atoms. The molecule has 0 N–H and O–H groups in total. The van der Waals surface area contributed by atoms with Gasteiger partial charge in [0.25, 0.3) is 0 Å².